The van der Waals surface area contributed by atoms with Crippen molar-refractivity contribution in [2.45, 2.75) is 65.0 Å². The molecular weight excluding hydrogens is 503 g/mol. The first-order valence-corrected chi connectivity index (χ1v) is 11.7. The predicted octanol–water partition coefficient (Wildman–Crippen LogP) is 5.25. The van der Waals surface area contributed by atoms with Gasteiger partial charge >= 0.3 is 12.2 Å². The first-order chi connectivity index (χ1) is 17.6. The number of fused-ring (bicyclic) bond motifs is 1. The molecule has 0 aliphatic heterocycles. The molecule has 202 valence electrons. The number of ether oxygens (including phenoxy) is 3. The quantitative estimate of drug-likeness (QED) is 0.329. The minimum absolute atomic E-state index is 0.100. The van der Waals surface area contributed by atoms with Crippen molar-refractivity contribution in [3.63, 3.8) is 0 Å². The van der Waals surface area contributed by atoms with E-state index in [2.05, 4.69) is 30.2 Å². The minimum atomic E-state index is -4.74. The second-order valence-corrected chi connectivity index (χ2v) is 10.5. The summed E-state index contributed by atoms with van der Waals surface area (Å²) < 4.78 is 60.3. The summed E-state index contributed by atoms with van der Waals surface area (Å²) in [6.45, 7) is 11.1. The topological polar surface area (TPSA) is 110 Å². The van der Waals surface area contributed by atoms with Crippen LogP contribution in [0.1, 0.15) is 53.3 Å². The van der Waals surface area contributed by atoms with Crippen molar-refractivity contribution in [1.29, 1.82) is 0 Å². The fourth-order valence-electron chi connectivity index (χ4n) is 3.39. The van der Waals surface area contributed by atoms with Crippen molar-refractivity contribution in [3.8, 4) is 29.0 Å². The van der Waals surface area contributed by atoms with Crippen molar-refractivity contribution in [2.24, 2.45) is 7.05 Å². The lowest BCUT2D eigenvalue weighted by atomic mass is 10.1. The van der Waals surface area contributed by atoms with E-state index >= 15 is 0 Å². The molecule has 38 heavy (non-hydrogen) atoms. The van der Waals surface area contributed by atoms with Gasteiger partial charge in [0.1, 0.15) is 16.9 Å². The number of hydrogen-bond acceptors (Lipinski definition) is 9. The second-order valence-electron chi connectivity index (χ2n) is 10.5. The number of aryl methyl sites for hydroxylation is 1. The van der Waals surface area contributed by atoms with Crippen LogP contribution >= 0.6 is 0 Å². The molecule has 0 spiro atoms. The SMILES string of the molecule is Cn1nc(OC(c2ccccn2)C(F)(F)F)c2cc(-c3cnc(OC(C)(C)C)nc3OC(C)(C)C)nnc21. The lowest BCUT2D eigenvalue weighted by molar-refractivity contribution is -0.199. The summed E-state index contributed by atoms with van der Waals surface area (Å²) in [5.74, 6) is -0.105. The number of halogens is 3. The van der Waals surface area contributed by atoms with E-state index in [1.807, 2.05) is 41.5 Å². The molecule has 0 saturated heterocycles. The molecule has 0 aliphatic rings. The van der Waals surface area contributed by atoms with E-state index in [1.165, 1.54) is 48.4 Å². The molecule has 4 aromatic rings. The maximum absolute atomic E-state index is 13.9. The average molecular weight is 532 g/mol. The Bertz CT molecular complexity index is 1430. The Morgan fingerprint density at radius 1 is 0.895 bits per heavy atom. The summed E-state index contributed by atoms with van der Waals surface area (Å²) in [5.41, 5.74) is -0.655. The Morgan fingerprint density at radius 3 is 2.21 bits per heavy atom. The normalized spacial score (nSPS) is 13.4. The van der Waals surface area contributed by atoms with E-state index in [4.69, 9.17) is 14.2 Å². The molecule has 0 saturated carbocycles. The van der Waals surface area contributed by atoms with E-state index < -0.39 is 23.5 Å². The average Bonchev–Trinajstić information content (AvgIpc) is 3.10. The highest BCUT2D eigenvalue weighted by Crippen LogP contribution is 2.39. The molecule has 1 atom stereocenters. The van der Waals surface area contributed by atoms with Gasteiger partial charge < -0.3 is 14.2 Å². The van der Waals surface area contributed by atoms with Crippen molar-refractivity contribution in [1.82, 2.24) is 34.9 Å². The third-order valence-electron chi connectivity index (χ3n) is 4.84. The first-order valence-electron chi connectivity index (χ1n) is 11.7. The van der Waals surface area contributed by atoms with Gasteiger partial charge in [-0.1, -0.05) is 6.07 Å². The van der Waals surface area contributed by atoms with Crippen molar-refractivity contribution in [3.05, 3.63) is 42.4 Å². The highest BCUT2D eigenvalue weighted by Gasteiger charge is 2.45. The first kappa shape index (κ1) is 27.0. The van der Waals surface area contributed by atoms with Gasteiger partial charge in [-0.2, -0.15) is 18.2 Å². The highest BCUT2D eigenvalue weighted by molar-refractivity contribution is 5.85. The molecule has 0 fully saturated rings. The summed E-state index contributed by atoms with van der Waals surface area (Å²) in [7, 11) is 1.53. The predicted molar refractivity (Wildman–Crippen MR) is 132 cm³/mol. The third kappa shape index (κ3) is 6.26. The number of pyridine rings is 1. The van der Waals surface area contributed by atoms with E-state index in [-0.39, 0.29) is 40.2 Å². The molecular formula is C25H28F3N7O3. The number of nitrogens with zero attached hydrogens (tertiary/aromatic N) is 7. The molecule has 0 radical (unpaired) electrons. The lowest BCUT2D eigenvalue weighted by Crippen LogP contribution is -2.27. The second kappa shape index (κ2) is 9.69. The highest BCUT2D eigenvalue weighted by atomic mass is 19.4. The van der Waals surface area contributed by atoms with Crippen molar-refractivity contribution >= 4 is 11.0 Å². The summed E-state index contributed by atoms with van der Waals surface area (Å²) in [5, 5.41) is 12.7. The number of hydrogen-bond donors (Lipinski definition) is 0. The van der Waals surface area contributed by atoms with Crippen LogP contribution < -0.4 is 14.2 Å². The van der Waals surface area contributed by atoms with Crippen LogP contribution in [0.25, 0.3) is 22.3 Å². The zero-order valence-corrected chi connectivity index (χ0v) is 22.0. The van der Waals surface area contributed by atoms with Crippen LogP contribution in [0.3, 0.4) is 0 Å². The van der Waals surface area contributed by atoms with Crippen LogP contribution in [0.2, 0.25) is 0 Å². The molecule has 4 heterocycles. The van der Waals surface area contributed by atoms with Gasteiger partial charge in [-0.3, -0.25) is 4.98 Å². The van der Waals surface area contributed by atoms with Gasteiger partial charge in [-0.25, -0.2) is 9.67 Å². The van der Waals surface area contributed by atoms with Gasteiger partial charge in [-0.15, -0.1) is 15.3 Å². The summed E-state index contributed by atoms with van der Waals surface area (Å²) >= 11 is 0. The van der Waals surface area contributed by atoms with Crippen molar-refractivity contribution in [2.75, 3.05) is 0 Å². The monoisotopic (exact) mass is 531 g/mol. The van der Waals surface area contributed by atoms with Crippen LogP contribution in [0.4, 0.5) is 13.2 Å². The standard InChI is InChI=1S/C25H28F3N7O3/c1-23(2,3)37-20-15(13-30-22(31-20)38-24(4,5)6)17-12-14-19(33-32-17)35(7)34-21(14)36-18(25(26,27)28)16-10-8-9-11-29-16/h8-13,18H,1-7H3. The molecule has 4 aromatic heterocycles. The Balaban J connectivity index is 1.80. The maximum Gasteiger partial charge on any atom is 0.431 e. The van der Waals surface area contributed by atoms with Gasteiger partial charge in [0, 0.05) is 19.4 Å². The van der Waals surface area contributed by atoms with Crippen LogP contribution in [0.5, 0.6) is 17.8 Å². The minimum Gasteiger partial charge on any atom is -0.471 e. The van der Waals surface area contributed by atoms with Crippen LogP contribution in [0.15, 0.2) is 36.7 Å². The maximum atomic E-state index is 13.9. The summed E-state index contributed by atoms with van der Waals surface area (Å²) in [6.07, 6.45) is -4.35. The van der Waals surface area contributed by atoms with Crippen LogP contribution in [0, 0.1) is 0 Å². The van der Waals surface area contributed by atoms with Gasteiger partial charge in [-0.05, 0) is 59.7 Å². The Morgan fingerprint density at radius 2 is 1.61 bits per heavy atom. The van der Waals surface area contributed by atoms with Gasteiger partial charge in [0.2, 0.25) is 17.9 Å². The molecule has 0 bridgehead atoms. The molecule has 0 aromatic carbocycles. The molecule has 1 unspecified atom stereocenters. The largest absolute Gasteiger partial charge is 0.471 e. The summed E-state index contributed by atoms with van der Waals surface area (Å²) in [6, 6.07) is 5.82. The van der Waals surface area contributed by atoms with Crippen molar-refractivity contribution < 1.29 is 27.4 Å². The number of rotatable bonds is 6. The molecule has 4 rings (SSSR count). The summed E-state index contributed by atoms with van der Waals surface area (Å²) in [4.78, 5) is 12.5. The Hall–Kier alpha value is -4.03. The van der Waals surface area contributed by atoms with Crippen LogP contribution in [-0.2, 0) is 7.05 Å². The molecule has 0 aliphatic carbocycles. The zero-order valence-electron chi connectivity index (χ0n) is 22.0. The Labute approximate surface area is 217 Å². The fraction of sp³-hybridized carbons (Fsp3) is 0.440. The Kier molecular flexibility index (Phi) is 6.89. The smallest absolute Gasteiger partial charge is 0.431 e. The molecule has 0 amide bonds. The number of alkyl halides is 3. The zero-order chi connectivity index (χ0) is 27.9. The number of aromatic nitrogens is 7. The van der Waals surface area contributed by atoms with E-state index in [0.717, 1.165) is 0 Å². The van der Waals surface area contributed by atoms with Gasteiger partial charge in [0.15, 0.2) is 5.65 Å². The fourth-order valence-corrected chi connectivity index (χ4v) is 3.39. The van der Waals surface area contributed by atoms with Gasteiger partial charge in [0.25, 0.3) is 0 Å². The van der Waals surface area contributed by atoms with E-state index in [0.29, 0.717) is 5.56 Å². The molecule has 10 nitrogen and oxygen atoms in total. The lowest BCUT2D eigenvalue weighted by Gasteiger charge is -2.24. The third-order valence-corrected chi connectivity index (χ3v) is 4.84. The van der Waals surface area contributed by atoms with Gasteiger partial charge in [0.05, 0.1) is 16.6 Å². The van der Waals surface area contributed by atoms with E-state index in [9.17, 15) is 13.2 Å². The molecule has 13 heteroatoms. The van der Waals surface area contributed by atoms with E-state index in [1.54, 1.807) is 0 Å². The van der Waals surface area contributed by atoms with Crippen LogP contribution in [-0.4, -0.2) is 52.3 Å². The molecule has 0 N–H and O–H groups in total.